The number of aromatic nitrogens is 2. The maximum absolute atomic E-state index is 11.7. The smallest absolute Gasteiger partial charge is 0.436 e. The van der Waals surface area contributed by atoms with Crippen molar-refractivity contribution in [3.05, 3.63) is 11.9 Å². The normalized spacial score (nSPS) is 18.9. The first-order valence-corrected chi connectivity index (χ1v) is 9.54. The van der Waals surface area contributed by atoms with E-state index in [0.29, 0.717) is 38.1 Å². The van der Waals surface area contributed by atoms with E-state index in [9.17, 15) is 9.59 Å². The Bertz CT molecular complexity index is 635. The van der Waals surface area contributed by atoms with Crippen LogP contribution in [-0.4, -0.2) is 66.3 Å². The molecule has 9 heteroatoms. The van der Waals surface area contributed by atoms with Crippen molar-refractivity contribution in [3.63, 3.8) is 0 Å². The average Bonchev–Trinajstić information content (AvgIpc) is 3.07. The Balaban J connectivity index is 1.37. The van der Waals surface area contributed by atoms with Gasteiger partial charge < -0.3 is 19.0 Å². The highest BCUT2D eigenvalue weighted by Gasteiger charge is 2.23. The number of rotatable bonds is 6. The summed E-state index contributed by atoms with van der Waals surface area (Å²) in [7, 11) is 0. The second-order valence-electron chi connectivity index (χ2n) is 6.74. The third kappa shape index (κ3) is 5.43. The highest BCUT2D eigenvalue weighted by Crippen LogP contribution is 2.30. The maximum Gasteiger partial charge on any atom is 0.436 e. The number of hydrogen-bond acceptors (Lipinski definition) is 8. The first-order chi connectivity index (χ1) is 13.1. The van der Waals surface area contributed by atoms with Crippen molar-refractivity contribution in [3.8, 4) is 5.75 Å². The molecule has 0 bridgehead atoms. The van der Waals surface area contributed by atoms with Crippen LogP contribution >= 0.6 is 0 Å². The Morgan fingerprint density at radius 2 is 1.89 bits per heavy atom. The lowest BCUT2D eigenvalue weighted by atomic mass is 9.95. The molecular formula is C18H27N3O6. The third-order valence-electron chi connectivity index (χ3n) is 4.84. The highest BCUT2D eigenvalue weighted by molar-refractivity contribution is 6.29. The van der Waals surface area contributed by atoms with Crippen molar-refractivity contribution in [2.45, 2.75) is 45.1 Å². The number of carbonyl (C=O) groups is 2. The van der Waals surface area contributed by atoms with Crippen LogP contribution in [0.3, 0.4) is 0 Å². The molecule has 0 radical (unpaired) electrons. The van der Waals surface area contributed by atoms with Gasteiger partial charge in [0.1, 0.15) is 13.2 Å². The van der Waals surface area contributed by atoms with E-state index >= 15 is 0 Å². The standard InChI is InChI=1S/C18H27N3O6/c1-14-16(13-19-21(14)15-5-3-2-4-6-15)25-11-12-26-17(22)18(23)27-20-7-9-24-10-8-20/h13,15H,2-12H2,1H3. The summed E-state index contributed by atoms with van der Waals surface area (Å²) in [4.78, 5) is 28.3. The fourth-order valence-corrected chi connectivity index (χ4v) is 3.38. The fourth-order valence-electron chi connectivity index (χ4n) is 3.38. The number of hydroxylamine groups is 2. The Morgan fingerprint density at radius 1 is 1.15 bits per heavy atom. The van der Waals surface area contributed by atoms with Gasteiger partial charge in [-0.05, 0) is 19.8 Å². The van der Waals surface area contributed by atoms with E-state index in [4.69, 9.17) is 19.0 Å². The number of morpholine rings is 1. The van der Waals surface area contributed by atoms with Gasteiger partial charge in [0.2, 0.25) is 0 Å². The van der Waals surface area contributed by atoms with E-state index in [2.05, 4.69) is 5.10 Å². The second kappa shape index (κ2) is 9.70. The Kier molecular flexibility index (Phi) is 7.05. The van der Waals surface area contributed by atoms with Crippen molar-refractivity contribution < 1.29 is 28.6 Å². The molecule has 0 spiro atoms. The number of ether oxygens (including phenoxy) is 3. The van der Waals surface area contributed by atoms with Gasteiger partial charge in [-0.15, -0.1) is 5.06 Å². The van der Waals surface area contributed by atoms with Crippen LogP contribution in [0.4, 0.5) is 0 Å². The summed E-state index contributed by atoms with van der Waals surface area (Å²) in [6.45, 7) is 3.88. The van der Waals surface area contributed by atoms with E-state index in [1.54, 1.807) is 6.20 Å². The van der Waals surface area contributed by atoms with Crippen molar-refractivity contribution in [1.29, 1.82) is 0 Å². The summed E-state index contributed by atoms with van der Waals surface area (Å²) >= 11 is 0. The molecular weight excluding hydrogens is 354 g/mol. The molecule has 9 nitrogen and oxygen atoms in total. The summed E-state index contributed by atoms with van der Waals surface area (Å²) in [5, 5.41) is 5.84. The van der Waals surface area contributed by atoms with Gasteiger partial charge >= 0.3 is 11.9 Å². The van der Waals surface area contributed by atoms with Crippen molar-refractivity contribution in [2.75, 3.05) is 39.5 Å². The van der Waals surface area contributed by atoms with Crippen LogP contribution in [0.25, 0.3) is 0 Å². The molecule has 0 amide bonds. The van der Waals surface area contributed by atoms with Gasteiger partial charge in [-0.3, -0.25) is 4.68 Å². The minimum atomic E-state index is -1.03. The van der Waals surface area contributed by atoms with Crippen LogP contribution < -0.4 is 4.74 Å². The molecule has 2 heterocycles. The first kappa shape index (κ1) is 19.6. The van der Waals surface area contributed by atoms with E-state index in [1.165, 1.54) is 24.3 Å². The monoisotopic (exact) mass is 381 g/mol. The van der Waals surface area contributed by atoms with Gasteiger partial charge in [0.15, 0.2) is 5.75 Å². The van der Waals surface area contributed by atoms with E-state index < -0.39 is 11.9 Å². The summed E-state index contributed by atoms with van der Waals surface area (Å²) in [5.74, 6) is -1.38. The molecule has 1 aromatic heterocycles. The number of carbonyl (C=O) groups excluding carboxylic acids is 2. The van der Waals surface area contributed by atoms with Crippen LogP contribution in [0.15, 0.2) is 6.20 Å². The topological polar surface area (TPSA) is 92.1 Å². The molecule has 0 N–H and O–H groups in total. The van der Waals surface area contributed by atoms with Crippen LogP contribution in [-0.2, 0) is 23.9 Å². The molecule has 0 atom stereocenters. The molecule has 1 aliphatic heterocycles. The maximum atomic E-state index is 11.7. The van der Waals surface area contributed by atoms with Gasteiger partial charge in [0, 0.05) is 0 Å². The quantitative estimate of drug-likeness (QED) is 0.415. The Morgan fingerprint density at radius 3 is 2.63 bits per heavy atom. The molecule has 150 valence electrons. The first-order valence-electron chi connectivity index (χ1n) is 9.54. The lowest BCUT2D eigenvalue weighted by Gasteiger charge is -2.24. The average molecular weight is 381 g/mol. The van der Waals surface area contributed by atoms with Crippen molar-refractivity contribution in [1.82, 2.24) is 14.8 Å². The van der Waals surface area contributed by atoms with Crippen molar-refractivity contribution in [2.24, 2.45) is 0 Å². The number of hydrogen-bond donors (Lipinski definition) is 0. The molecule has 27 heavy (non-hydrogen) atoms. The Labute approximate surface area is 158 Å². The summed E-state index contributed by atoms with van der Waals surface area (Å²) in [6.07, 6.45) is 7.74. The van der Waals surface area contributed by atoms with Crippen LogP contribution in [0, 0.1) is 6.92 Å². The third-order valence-corrected chi connectivity index (χ3v) is 4.84. The molecule has 1 aliphatic carbocycles. The highest BCUT2D eigenvalue weighted by atomic mass is 16.7. The van der Waals surface area contributed by atoms with Crippen molar-refractivity contribution >= 4 is 11.9 Å². The lowest BCUT2D eigenvalue weighted by molar-refractivity contribution is -0.211. The zero-order valence-corrected chi connectivity index (χ0v) is 15.7. The predicted octanol–water partition coefficient (Wildman–Crippen LogP) is 1.41. The zero-order chi connectivity index (χ0) is 19.1. The zero-order valence-electron chi connectivity index (χ0n) is 15.7. The lowest BCUT2D eigenvalue weighted by Crippen LogP contribution is -2.40. The summed E-state index contributed by atoms with van der Waals surface area (Å²) in [5.41, 5.74) is 0.972. The van der Waals surface area contributed by atoms with Gasteiger partial charge in [-0.25, -0.2) is 9.59 Å². The minimum absolute atomic E-state index is 0.0366. The van der Waals surface area contributed by atoms with Crippen LogP contribution in [0.1, 0.15) is 43.8 Å². The van der Waals surface area contributed by atoms with Gasteiger partial charge in [-0.1, -0.05) is 19.3 Å². The van der Waals surface area contributed by atoms with E-state index in [1.807, 2.05) is 11.6 Å². The van der Waals surface area contributed by atoms with E-state index in [0.717, 1.165) is 18.5 Å². The molecule has 0 unspecified atom stereocenters. The molecule has 1 saturated heterocycles. The molecule has 1 aromatic rings. The largest absolute Gasteiger partial charge is 0.486 e. The molecule has 0 aromatic carbocycles. The van der Waals surface area contributed by atoms with Crippen LogP contribution in [0.2, 0.25) is 0 Å². The fraction of sp³-hybridized carbons (Fsp3) is 0.722. The molecule has 2 fully saturated rings. The second-order valence-corrected chi connectivity index (χ2v) is 6.74. The summed E-state index contributed by atoms with van der Waals surface area (Å²) in [6, 6.07) is 0.434. The summed E-state index contributed by atoms with van der Waals surface area (Å²) < 4.78 is 17.7. The SMILES string of the molecule is Cc1c(OCCOC(=O)C(=O)ON2CCOCC2)cnn1C1CCCCC1. The van der Waals surface area contributed by atoms with Gasteiger partial charge in [0.05, 0.1) is 44.2 Å². The molecule has 2 aliphatic rings. The van der Waals surface area contributed by atoms with Crippen LogP contribution in [0.5, 0.6) is 5.75 Å². The van der Waals surface area contributed by atoms with E-state index in [-0.39, 0.29) is 13.2 Å². The Hall–Kier alpha value is -2.13. The van der Waals surface area contributed by atoms with Gasteiger partial charge in [0.25, 0.3) is 0 Å². The molecule has 3 rings (SSSR count). The van der Waals surface area contributed by atoms with Gasteiger partial charge in [-0.2, -0.15) is 5.10 Å². The number of nitrogens with zero attached hydrogens (tertiary/aromatic N) is 3. The predicted molar refractivity (Wildman–Crippen MR) is 94.0 cm³/mol. The minimum Gasteiger partial charge on any atom is -0.486 e. The molecule has 1 saturated carbocycles. The number of esters is 1.